The molecular formula is C25H32N4O4. The normalized spacial score (nSPS) is 12.9. The third-order valence-corrected chi connectivity index (χ3v) is 5.31. The number of benzene rings is 1. The molecule has 0 spiro atoms. The molecule has 0 unspecified atom stereocenters. The fourth-order valence-corrected chi connectivity index (χ4v) is 3.64. The molecule has 0 atom stereocenters. The van der Waals surface area contributed by atoms with Crippen LogP contribution in [0.4, 0.5) is 11.5 Å². The fourth-order valence-electron chi connectivity index (χ4n) is 3.64. The lowest BCUT2D eigenvalue weighted by molar-refractivity contribution is -0.138. The van der Waals surface area contributed by atoms with E-state index in [0.29, 0.717) is 43.3 Å². The molecule has 1 aliphatic rings. The second-order valence-corrected chi connectivity index (χ2v) is 7.61. The Morgan fingerprint density at radius 3 is 2.70 bits per heavy atom. The molecule has 0 radical (unpaired) electrons. The van der Waals surface area contributed by atoms with Crippen molar-refractivity contribution in [1.29, 1.82) is 0 Å². The molecule has 0 amide bonds. The zero-order valence-electron chi connectivity index (χ0n) is 19.8. The lowest BCUT2D eigenvalue weighted by atomic mass is 9.91. The van der Waals surface area contributed by atoms with Gasteiger partial charge in [0.25, 0.3) is 0 Å². The van der Waals surface area contributed by atoms with E-state index in [1.807, 2.05) is 36.2 Å². The minimum Gasteiger partial charge on any atom is -0.462 e. The van der Waals surface area contributed by atoms with Crippen molar-refractivity contribution >= 4 is 23.0 Å². The van der Waals surface area contributed by atoms with Gasteiger partial charge in [-0.1, -0.05) is 12.6 Å². The molecular weight excluding hydrogens is 420 g/mol. The molecule has 0 fully saturated rings. The summed E-state index contributed by atoms with van der Waals surface area (Å²) in [4.78, 5) is 23.6. The van der Waals surface area contributed by atoms with Crippen molar-refractivity contribution in [2.24, 2.45) is 0 Å². The molecule has 1 aromatic heterocycles. The van der Waals surface area contributed by atoms with Gasteiger partial charge < -0.3 is 24.4 Å². The van der Waals surface area contributed by atoms with Gasteiger partial charge in [-0.05, 0) is 43.5 Å². The van der Waals surface area contributed by atoms with Crippen molar-refractivity contribution in [3.8, 4) is 11.1 Å². The van der Waals surface area contributed by atoms with Gasteiger partial charge in [-0.25, -0.2) is 14.8 Å². The third-order valence-electron chi connectivity index (χ3n) is 5.31. The number of carbonyl (C=O) groups excluding carboxylic acids is 1. The predicted molar refractivity (Wildman–Crippen MR) is 130 cm³/mol. The molecule has 176 valence electrons. The van der Waals surface area contributed by atoms with E-state index in [1.165, 1.54) is 0 Å². The SMILES string of the molecule is C=C1C(C(=O)OCC)=CN(CCOC)c2ccc(-c3cnc(C)nc3NCCCOC)cc21. The fraction of sp³-hybridized carbons (Fsp3) is 0.400. The maximum Gasteiger partial charge on any atom is 0.340 e. The number of fused-ring (bicyclic) bond motifs is 1. The van der Waals surface area contributed by atoms with Gasteiger partial charge in [0.15, 0.2) is 0 Å². The Balaban J connectivity index is 2.00. The number of nitrogens with zero attached hydrogens (tertiary/aromatic N) is 3. The Kier molecular flexibility index (Phi) is 8.57. The maximum atomic E-state index is 12.6. The number of hydrogen-bond donors (Lipinski definition) is 1. The van der Waals surface area contributed by atoms with Gasteiger partial charge in [0.1, 0.15) is 11.6 Å². The molecule has 0 bridgehead atoms. The van der Waals surface area contributed by atoms with Crippen LogP contribution in [0.5, 0.6) is 0 Å². The van der Waals surface area contributed by atoms with Crippen LogP contribution < -0.4 is 10.2 Å². The smallest absolute Gasteiger partial charge is 0.340 e. The summed E-state index contributed by atoms with van der Waals surface area (Å²) in [7, 11) is 3.34. The quantitative estimate of drug-likeness (QED) is 0.407. The Morgan fingerprint density at radius 1 is 1.18 bits per heavy atom. The van der Waals surface area contributed by atoms with Gasteiger partial charge in [0, 0.05) is 63.1 Å². The molecule has 33 heavy (non-hydrogen) atoms. The number of aromatic nitrogens is 2. The van der Waals surface area contributed by atoms with Crippen LogP contribution in [0.15, 0.2) is 42.7 Å². The highest BCUT2D eigenvalue weighted by Gasteiger charge is 2.26. The van der Waals surface area contributed by atoms with Crippen LogP contribution in [-0.2, 0) is 19.0 Å². The number of nitrogens with one attached hydrogen (secondary N) is 1. The average Bonchev–Trinajstić information content (AvgIpc) is 2.81. The highest BCUT2D eigenvalue weighted by molar-refractivity contribution is 6.09. The van der Waals surface area contributed by atoms with Crippen LogP contribution in [0, 0.1) is 6.92 Å². The van der Waals surface area contributed by atoms with Crippen molar-refractivity contribution in [3.05, 3.63) is 54.1 Å². The summed E-state index contributed by atoms with van der Waals surface area (Å²) in [6.45, 7) is 10.7. The first-order valence-electron chi connectivity index (χ1n) is 11.0. The molecule has 1 aliphatic heterocycles. The van der Waals surface area contributed by atoms with Gasteiger partial charge in [0.05, 0.1) is 18.8 Å². The van der Waals surface area contributed by atoms with Crippen LogP contribution in [0.3, 0.4) is 0 Å². The lowest BCUT2D eigenvalue weighted by Gasteiger charge is -2.30. The molecule has 0 aliphatic carbocycles. The summed E-state index contributed by atoms with van der Waals surface area (Å²) in [5.74, 6) is 1.06. The number of rotatable bonds is 11. The molecule has 8 heteroatoms. The van der Waals surface area contributed by atoms with Crippen LogP contribution in [0.2, 0.25) is 0 Å². The Morgan fingerprint density at radius 2 is 1.97 bits per heavy atom. The van der Waals surface area contributed by atoms with Crippen molar-refractivity contribution < 1.29 is 19.0 Å². The molecule has 0 saturated heterocycles. The first-order valence-corrected chi connectivity index (χ1v) is 11.0. The highest BCUT2D eigenvalue weighted by atomic mass is 16.5. The number of hydrogen-bond acceptors (Lipinski definition) is 8. The van der Waals surface area contributed by atoms with Crippen LogP contribution in [0.25, 0.3) is 16.7 Å². The molecule has 3 rings (SSSR count). The largest absolute Gasteiger partial charge is 0.462 e. The summed E-state index contributed by atoms with van der Waals surface area (Å²) in [6.07, 6.45) is 4.47. The van der Waals surface area contributed by atoms with E-state index < -0.39 is 0 Å². The highest BCUT2D eigenvalue weighted by Crippen LogP contribution is 2.40. The van der Waals surface area contributed by atoms with E-state index in [1.54, 1.807) is 27.3 Å². The Labute approximate surface area is 195 Å². The molecule has 2 heterocycles. The second-order valence-electron chi connectivity index (χ2n) is 7.61. The minimum atomic E-state index is -0.389. The zero-order chi connectivity index (χ0) is 23.8. The average molecular weight is 453 g/mol. The standard InChI is InChI=1S/C25H32N4O4/c1-6-33-25(30)22-16-29(11-13-32-5)23-9-8-19(14-20(23)17(22)2)21-15-27-18(3)28-24(21)26-10-7-12-31-4/h8-9,14-16H,2,6-7,10-13H2,1,3-5H3,(H,26,27,28). The van der Waals surface area contributed by atoms with Gasteiger partial charge in [-0.3, -0.25) is 0 Å². The van der Waals surface area contributed by atoms with Crippen LogP contribution in [0.1, 0.15) is 24.7 Å². The van der Waals surface area contributed by atoms with Crippen LogP contribution >= 0.6 is 0 Å². The minimum absolute atomic E-state index is 0.299. The van der Waals surface area contributed by atoms with E-state index in [0.717, 1.165) is 41.2 Å². The monoisotopic (exact) mass is 452 g/mol. The number of carbonyl (C=O) groups is 1. The molecule has 8 nitrogen and oxygen atoms in total. The topological polar surface area (TPSA) is 85.8 Å². The predicted octanol–water partition coefficient (Wildman–Crippen LogP) is 3.83. The van der Waals surface area contributed by atoms with E-state index in [2.05, 4.69) is 21.9 Å². The van der Waals surface area contributed by atoms with E-state index in [4.69, 9.17) is 14.2 Å². The summed E-state index contributed by atoms with van der Waals surface area (Å²) in [5.41, 5.74) is 4.69. The zero-order valence-corrected chi connectivity index (χ0v) is 19.8. The van der Waals surface area contributed by atoms with Crippen molar-refractivity contribution in [2.45, 2.75) is 20.3 Å². The molecule has 2 aromatic rings. The first kappa shape index (κ1) is 24.4. The summed E-state index contributed by atoms with van der Waals surface area (Å²) >= 11 is 0. The van der Waals surface area contributed by atoms with Gasteiger partial charge in [-0.15, -0.1) is 0 Å². The van der Waals surface area contributed by atoms with Gasteiger partial charge in [-0.2, -0.15) is 0 Å². The van der Waals surface area contributed by atoms with E-state index >= 15 is 0 Å². The number of methoxy groups -OCH3 is 2. The maximum absolute atomic E-state index is 12.6. The van der Waals surface area contributed by atoms with Crippen molar-refractivity contribution in [2.75, 3.05) is 57.3 Å². The number of aryl methyl sites for hydroxylation is 1. The van der Waals surface area contributed by atoms with Crippen molar-refractivity contribution in [3.63, 3.8) is 0 Å². The Bertz CT molecular complexity index is 1040. The van der Waals surface area contributed by atoms with Gasteiger partial charge >= 0.3 is 5.97 Å². The first-order chi connectivity index (χ1) is 16.0. The number of anilines is 2. The third kappa shape index (κ3) is 5.77. The molecule has 0 saturated carbocycles. The van der Waals surface area contributed by atoms with Crippen LogP contribution in [-0.4, -0.2) is 63.1 Å². The molecule has 1 aromatic carbocycles. The second kappa shape index (κ2) is 11.6. The van der Waals surface area contributed by atoms with E-state index in [-0.39, 0.29) is 5.97 Å². The number of esters is 1. The lowest BCUT2D eigenvalue weighted by Crippen LogP contribution is -2.27. The summed E-state index contributed by atoms with van der Waals surface area (Å²) in [5, 5.41) is 3.39. The summed E-state index contributed by atoms with van der Waals surface area (Å²) in [6, 6.07) is 6.08. The van der Waals surface area contributed by atoms with Crippen molar-refractivity contribution in [1.82, 2.24) is 9.97 Å². The summed E-state index contributed by atoms with van der Waals surface area (Å²) < 4.78 is 15.7. The Hall–Kier alpha value is -3.23. The molecule has 1 N–H and O–H groups in total. The van der Waals surface area contributed by atoms with E-state index in [9.17, 15) is 4.79 Å². The van der Waals surface area contributed by atoms with Gasteiger partial charge in [0.2, 0.25) is 0 Å². The number of ether oxygens (including phenoxy) is 3.